The maximum absolute atomic E-state index is 3.76. The zero-order valence-corrected chi connectivity index (χ0v) is 8.74. The molecule has 1 rings (SSSR count). The lowest BCUT2D eigenvalue weighted by Crippen LogP contribution is -2.23. The summed E-state index contributed by atoms with van der Waals surface area (Å²) in [5.41, 5.74) is 2.54. The average molecular weight is 187 g/mol. The van der Waals surface area contributed by atoms with Crippen molar-refractivity contribution < 1.29 is 0 Å². The smallest absolute Gasteiger partial charge is 0.0401 e. The van der Waals surface area contributed by atoms with Crippen molar-refractivity contribution in [3.05, 3.63) is 55.1 Å². The van der Waals surface area contributed by atoms with E-state index in [1.54, 1.807) is 0 Å². The van der Waals surface area contributed by atoms with Crippen LogP contribution in [-0.2, 0) is 0 Å². The molecule has 0 spiro atoms. The van der Waals surface area contributed by atoms with Gasteiger partial charge in [-0.15, -0.1) is 13.2 Å². The summed E-state index contributed by atoms with van der Waals surface area (Å²) in [6, 6.07) is 8.36. The molecule has 0 heterocycles. The third kappa shape index (κ3) is 2.49. The van der Waals surface area contributed by atoms with Crippen LogP contribution in [0.25, 0.3) is 0 Å². The lowest BCUT2D eigenvalue weighted by molar-refractivity contribution is 0.950. The minimum Gasteiger partial charge on any atom is -0.364 e. The van der Waals surface area contributed by atoms with Crippen LogP contribution in [0, 0.1) is 6.92 Å². The second kappa shape index (κ2) is 5.28. The monoisotopic (exact) mass is 187 g/mol. The molecule has 0 aliphatic rings. The minimum absolute atomic E-state index is 0.858. The van der Waals surface area contributed by atoms with Gasteiger partial charge in [0, 0.05) is 18.8 Å². The first kappa shape index (κ1) is 10.6. The van der Waals surface area contributed by atoms with Crippen LogP contribution in [0.15, 0.2) is 49.6 Å². The molecule has 0 aliphatic carbocycles. The van der Waals surface area contributed by atoms with Crippen molar-refractivity contribution in [1.82, 2.24) is 0 Å². The SMILES string of the molecule is C=CCN(CC=C)c1ccccc1C. The van der Waals surface area contributed by atoms with Gasteiger partial charge in [-0.05, 0) is 18.6 Å². The van der Waals surface area contributed by atoms with E-state index in [-0.39, 0.29) is 0 Å². The summed E-state index contributed by atoms with van der Waals surface area (Å²) in [6.45, 7) is 11.4. The first-order chi connectivity index (χ1) is 6.79. The van der Waals surface area contributed by atoms with E-state index in [4.69, 9.17) is 0 Å². The van der Waals surface area contributed by atoms with Crippen LogP contribution in [0.3, 0.4) is 0 Å². The van der Waals surface area contributed by atoms with Crippen molar-refractivity contribution in [2.24, 2.45) is 0 Å². The first-order valence-corrected chi connectivity index (χ1v) is 4.82. The Morgan fingerprint density at radius 3 is 2.21 bits per heavy atom. The Labute approximate surface area is 86.4 Å². The van der Waals surface area contributed by atoms with E-state index < -0.39 is 0 Å². The van der Waals surface area contributed by atoms with Crippen LogP contribution >= 0.6 is 0 Å². The summed E-state index contributed by atoms with van der Waals surface area (Å²) >= 11 is 0. The van der Waals surface area contributed by atoms with Gasteiger partial charge in [0.1, 0.15) is 0 Å². The molecule has 0 radical (unpaired) electrons. The van der Waals surface area contributed by atoms with Crippen molar-refractivity contribution in [3.8, 4) is 0 Å². The highest BCUT2D eigenvalue weighted by Crippen LogP contribution is 2.18. The molecule has 1 aromatic carbocycles. The number of nitrogens with zero attached hydrogens (tertiary/aromatic N) is 1. The zero-order valence-electron chi connectivity index (χ0n) is 8.74. The number of aryl methyl sites for hydroxylation is 1. The molecule has 0 atom stereocenters. The lowest BCUT2D eigenvalue weighted by atomic mass is 10.2. The summed E-state index contributed by atoms with van der Waals surface area (Å²) in [5, 5.41) is 0. The number of anilines is 1. The Morgan fingerprint density at radius 2 is 1.71 bits per heavy atom. The Hall–Kier alpha value is -1.50. The van der Waals surface area contributed by atoms with Crippen molar-refractivity contribution in [3.63, 3.8) is 0 Å². The predicted octanol–water partition coefficient (Wildman–Crippen LogP) is 3.17. The Bertz CT molecular complexity index is 305. The van der Waals surface area contributed by atoms with Crippen LogP contribution in [0.4, 0.5) is 5.69 Å². The molecule has 0 unspecified atom stereocenters. The van der Waals surface area contributed by atoms with Crippen molar-refractivity contribution in [1.29, 1.82) is 0 Å². The fourth-order valence-corrected chi connectivity index (χ4v) is 1.50. The fourth-order valence-electron chi connectivity index (χ4n) is 1.50. The van der Waals surface area contributed by atoms with Gasteiger partial charge in [-0.1, -0.05) is 30.4 Å². The van der Waals surface area contributed by atoms with Gasteiger partial charge in [0.25, 0.3) is 0 Å². The van der Waals surface area contributed by atoms with E-state index in [0.29, 0.717) is 0 Å². The van der Waals surface area contributed by atoms with Crippen LogP contribution in [-0.4, -0.2) is 13.1 Å². The molecule has 14 heavy (non-hydrogen) atoms. The van der Waals surface area contributed by atoms with E-state index in [1.165, 1.54) is 11.3 Å². The highest BCUT2D eigenvalue weighted by atomic mass is 15.1. The van der Waals surface area contributed by atoms with Crippen molar-refractivity contribution in [2.75, 3.05) is 18.0 Å². The average Bonchev–Trinajstić information content (AvgIpc) is 2.18. The minimum atomic E-state index is 0.858. The number of benzene rings is 1. The Balaban J connectivity index is 2.91. The Kier molecular flexibility index (Phi) is 3.99. The van der Waals surface area contributed by atoms with Gasteiger partial charge in [0.2, 0.25) is 0 Å². The number of hydrogen-bond acceptors (Lipinski definition) is 1. The molecule has 1 aromatic rings. The maximum Gasteiger partial charge on any atom is 0.0401 e. The highest BCUT2D eigenvalue weighted by Gasteiger charge is 2.04. The number of hydrogen-bond donors (Lipinski definition) is 0. The summed E-state index contributed by atoms with van der Waals surface area (Å²) in [4.78, 5) is 2.25. The third-order valence-electron chi connectivity index (χ3n) is 2.16. The van der Waals surface area contributed by atoms with Crippen LogP contribution < -0.4 is 4.90 Å². The summed E-state index contributed by atoms with van der Waals surface area (Å²) in [7, 11) is 0. The first-order valence-electron chi connectivity index (χ1n) is 4.82. The second-order valence-corrected chi connectivity index (χ2v) is 3.27. The van der Waals surface area contributed by atoms with Crippen LogP contribution in [0.1, 0.15) is 5.56 Å². The second-order valence-electron chi connectivity index (χ2n) is 3.27. The van der Waals surface area contributed by atoms with Gasteiger partial charge in [0.05, 0.1) is 0 Å². The van der Waals surface area contributed by atoms with E-state index in [9.17, 15) is 0 Å². The number of rotatable bonds is 5. The molecule has 0 amide bonds. The lowest BCUT2D eigenvalue weighted by Gasteiger charge is -2.23. The standard InChI is InChI=1S/C13H17N/c1-4-10-14(11-5-2)13-9-7-6-8-12(13)3/h4-9H,1-2,10-11H2,3H3. The van der Waals surface area contributed by atoms with E-state index >= 15 is 0 Å². The quantitative estimate of drug-likeness (QED) is 0.640. The maximum atomic E-state index is 3.76. The molecule has 0 fully saturated rings. The van der Waals surface area contributed by atoms with Crippen LogP contribution in [0.2, 0.25) is 0 Å². The molecule has 0 aliphatic heterocycles. The molecule has 1 nitrogen and oxygen atoms in total. The molecular formula is C13H17N. The number of para-hydroxylation sites is 1. The van der Waals surface area contributed by atoms with Gasteiger partial charge >= 0.3 is 0 Å². The fraction of sp³-hybridized carbons (Fsp3) is 0.231. The van der Waals surface area contributed by atoms with E-state index in [0.717, 1.165) is 13.1 Å². The molecular weight excluding hydrogens is 170 g/mol. The molecule has 1 heteroatoms. The van der Waals surface area contributed by atoms with Gasteiger partial charge in [-0.25, -0.2) is 0 Å². The zero-order chi connectivity index (χ0) is 10.4. The summed E-state index contributed by atoms with van der Waals surface area (Å²) in [5.74, 6) is 0. The molecule has 0 aromatic heterocycles. The molecule has 0 saturated heterocycles. The van der Waals surface area contributed by atoms with Crippen molar-refractivity contribution in [2.45, 2.75) is 6.92 Å². The molecule has 0 bridgehead atoms. The van der Waals surface area contributed by atoms with Gasteiger partial charge in [0.15, 0.2) is 0 Å². The molecule has 0 saturated carbocycles. The summed E-state index contributed by atoms with van der Waals surface area (Å²) < 4.78 is 0. The Morgan fingerprint density at radius 1 is 1.14 bits per heavy atom. The molecule has 0 N–H and O–H groups in total. The van der Waals surface area contributed by atoms with Crippen molar-refractivity contribution >= 4 is 5.69 Å². The molecule has 74 valence electrons. The predicted molar refractivity (Wildman–Crippen MR) is 63.8 cm³/mol. The highest BCUT2D eigenvalue weighted by molar-refractivity contribution is 5.53. The third-order valence-corrected chi connectivity index (χ3v) is 2.16. The summed E-state index contributed by atoms with van der Waals surface area (Å²) in [6.07, 6.45) is 3.83. The topological polar surface area (TPSA) is 3.24 Å². The van der Waals surface area contributed by atoms with Gasteiger partial charge in [-0.3, -0.25) is 0 Å². The van der Waals surface area contributed by atoms with E-state index in [1.807, 2.05) is 12.2 Å². The normalized spacial score (nSPS) is 9.50. The largest absolute Gasteiger partial charge is 0.364 e. The van der Waals surface area contributed by atoms with E-state index in [2.05, 4.69) is 49.2 Å². The van der Waals surface area contributed by atoms with Crippen LogP contribution in [0.5, 0.6) is 0 Å². The van der Waals surface area contributed by atoms with Gasteiger partial charge < -0.3 is 4.90 Å². The van der Waals surface area contributed by atoms with Gasteiger partial charge in [-0.2, -0.15) is 0 Å².